The van der Waals surface area contributed by atoms with Crippen molar-refractivity contribution in [2.75, 3.05) is 19.0 Å². The van der Waals surface area contributed by atoms with Gasteiger partial charge in [-0.05, 0) is 18.3 Å². The van der Waals surface area contributed by atoms with E-state index in [1.807, 2.05) is 6.92 Å². The molecule has 0 spiro atoms. The highest BCUT2D eigenvalue weighted by Crippen LogP contribution is 2.32. The summed E-state index contributed by atoms with van der Waals surface area (Å²) in [6.07, 6.45) is 1.55. The van der Waals surface area contributed by atoms with E-state index in [2.05, 4.69) is 0 Å². The molecule has 1 aliphatic rings. The zero-order valence-corrected chi connectivity index (χ0v) is 8.62. The summed E-state index contributed by atoms with van der Waals surface area (Å²) in [7, 11) is 1.82. The molecule has 5 heteroatoms. The summed E-state index contributed by atoms with van der Waals surface area (Å²) in [5, 5.41) is 0. The van der Waals surface area contributed by atoms with Crippen molar-refractivity contribution in [3.05, 3.63) is 0 Å². The van der Waals surface area contributed by atoms with Crippen molar-refractivity contribution in [1.82, 2.24) is 0 Å². The van der Waals surface area contributed by atoms with Crippen LogP contribution in [-0.2, 0) is 13.8 Å². The predicted octanol–water partition coefficient (Wildman–Crippen LogP) is 1.37. The van der Waals surface area contributed by atoms with Crippen LogP contribution >= 0.6 is 10.7 Å². The van der Waals surface area contributed by atoms with Crippen LogP contribution in [0.15, 0.2) is 0 Å². The van der Waals surface area contributed by atoms with E-state index in [1.165, 1.54) is 0 Å². The molecule has 0 unspecified atom stereocenters. The van der Waals surface area contributed by atoms with Crippen LogP contribution in [0.4, 0.5) is 0 Å². The molecule has 72 valence electrons. The molecule has 0 atom stereocenters. The van der Waals surface area contributed by atoms with Crippen LogP contribution in [0, 0.1) is 5.41 Å². The standard InChI is InChI=1S/C7H13ClO3S/c1-7(6-12(8,9)10)2-4-11-5-3-7/h2-6H2,1H3. The van der Waals surface area contributed by atoms with Gasteiger partial charge in [-0.3, -0.25) is 0 Å². The molecule has 0 radical (unpaired) electrons. The van der Waals surface area contributed by atoms with E-state index in [0.717, 1.165) is 12.8 Å². The van der Waals surface area contributed by atoms with Gasteiger partial charge in [-0.15, -0.1) is 0 Å². The van der Waals surface area contributed by atoms with Gasteiger partial charge in [0.1, 0.15) is 0 Å². The van der Waals surface area contributed by atoms with Crippen LogP contribution in [0.1, 0.15) is 19.8 Å². The van der Waals surface area contributed by atoms with Crippen molar-refractivity contribution >= 4 is 19.7 Å². The lowest BCUT2D eigenvalue weighted by molar-refractivity contribution is 0.0343. The average Bonchev–Trinajstić information content (AvgIpc) is 1.83. The van der Waals surface area contributed by atoms with Gasteiger partial charge in [0.15, 0.2) is 0 Å². The summed E-state index contributed by atoms with van der Waals surface area (Å²) in [5.74, 6) is 0.0604. The number of halogens is 1. The fourth-order valence-electron chi connectivity index (χ4n) is 1.42. The number of ether oxygens (including phenoxy) is 1. The number of hydrogen-bond donors (Lipinski definition) is 0. The molecule has 1 fully saturated rings. The van der Waals surface area contributed by atoms with Crippen molar-refractivity contribution < 1.29 is 13.2 Å². The Bertz CT molecular complexity index is 241. The Labute approximate surface area is 77.5 Å². The van der Waals surface area contributed by atoms with Crippen molar-refractivity contribution in [3.8, 4) is 0 Å². The zero-order chi connectivity index (χ0) is 9.24. The summed E-state index contributed by atoms with van der Waals surface area (Å²) >= 11 is 0. The third-order valence-corrected chi connectivity index (χ3v) is 3.59. The third-order valence-electron chi connectivity index (χ3n) is 2.22. The van der Waals surface area contributed by atoms with Crippen LogP contribution in [0.3, 0.4) is 0 Å². The Kier molecular flexibility index (Phi) is 3.01. The largest absolute Gasteiger partial charge is 0.381 e. The first-order chi connectivity index (χ1) is 5.41. The van der Waals surface area contributed by atoms with Gasteiger partial charge in [0.25, 0.3) is 0 Å². The first kappa shape index (κ1) is 10.3. The fraction of sp³-hybridized carbons (Fsp3) is 1.00. The molecule has 1 saturated heterocycles. The van der Waals surface area contributed by atoms with Crippen molar-refractivity contribution in [2.45, 2.75) is 19.8 Å². The molecule has 0 N–H and O–H groups in total. The summed E-state index contributed by atoms with van der Waals surface area (Å²) < 4.78 is 26.8. The SMILES string of the molecule is CC1(CS(=O)(=O)Cl)CCOCC1. The summed E-state index contributed by atoms with van der Waals surface area (Å²) in [6, 6.07) is 0. The Morgan fingerprint density at radius 3 is 2.33 bits per heavy atom. The normalized spacial score (nSPS) is 23.8. The van der Waals surface area contributed by atoms with Crippen LogP contribution < -0.4 is 0 Å². The molecule has 1 rings (SSSR count). The van der Waals surface area contributed by atoms with Crippen molar-refractivity contribution in [3.63, 3.8) is 0 Å². The summed E-state index contributed by atoms with van der Waals surface area (Å²) in [6.45, 7) is 3.22. The maximum absolute atomic E-state index is 10.8. The Hall–Kier alpha value is 0.200. The van der Waals surface area contributed by atoms with Crippen LogP contribution in [0.25, 0.3) is 0 Å². The minimum atomic E-state index is -3.37. The molecular weight excluding hydrogens is 200 g/mol. The molecule has 12 heavy (non-hydrogen) atoms. The number of rotatable bonds is 2. The highest BCUT2D eigenvalue weighted by Gasteiger charge is 2.31. The maximum Gasteiger partial charge on any atom is 0.233 e. The molecule has 1 heterocycles. The molecule has 0 aliphatic carbocycles. The molecule has 3 nitrogen and oxygen atoms in total. The maximum atomic E-state index is 10.8. The molecule has 0 aromatic carbocycles. The molecule has 0 bridgehead atoms. The average molecular weight is 213 g/mol. The Morgan fingerprint density at radius 1 is 1.42 bits per heavy atom. The van der Waals surface area contributed by atoms with Crippen LogP contribution in [-0.4, -0.2) is 27.4 Å². The molecule has 0 aromatic rings. The lowest BCUT2D eigenvalue weighted by Gasteiger charge is -2.31. The van der Waals surface area contributed by atoms with Gasteiger partial charge in [0.2, 0.25) is 9.05 Å². The van der Waals surface area contributed by atoms with Crippen LogP contribution in [0.2, 0.25) is 0 Å². The fourth-order valence-corrected chi connectivity index (χ4v) is 3.34. The Balaban J connectivity index is 2.59. The number of hydrogen-bond acceptors (Lipinski definition) is 3. The lowest BCUT2D eigenvalue weighted by atomic mass is 9.85. The van der Waals surface area contributed by atoms with Gasteiger partial charge in [-0.2, -0.15) is 0 Å². The summed E-state index contributed by atoms with van der Waals surface area (Å²) in [4.78, 5) is 0. The smallest absolute Gasteiger partial charge is 0.233 e. The first-order valence-electron chi connectivity index (χ1n) is 3.91. The van der Waals surface area contributed by atoms with Gasteiger partial charge in [-0.25, -0.2) is 8.42 Å². The third kappa shape index (κ3) is 3.29. The van der Waals surface area contributed by atoms with E-state index in [4.69, 9.17) is 15.4 Å². The molecule has 0 aromatic heterocycles. The second-order valence-corrected chi connectivity index (χ2v) is 6.38. The van der Waals surface area contributed by atoms with E-state index in [9.17, 15) is 8.42 Å². The predicted molar refractivity (Wildman–Crippen MR) is 47.8 cm³/mol. The topological polar surface area (TPSA) is 43.4 Å². The van der Waals surface area contributed by atoms with E-state index >= 15 is 0 Å². The molecule has 0 saturated carbocycles. The minimum Gasteiger partial charge on any atom is -0.381 e. The quantitative estimate of drug-likeness (QED) is 0.650. The zero-order valence-electron chi connectivity index (χ0n) is 7.05. The van der Waals surface area contributed by atoms with Gasteiger partial charge in [0.05, 0.1) is 5.75 Å². The monoisotopic (exact) mass is 212 g/mol. The van der Waals surface area contributed by atoms with E-state index in [0.29, 0.717) is 13.2 Å². The second-order valence-electron chi connectivity index (χ2n) is 3.61. The second kappa shape index (κ2) is 3.52. The van der Waals surface area contributed by atoms with Crippen LogP contribution in [0.5, 0.6) is 0 Å². The van der Waals surface area contributed by atoms with E-state index in [-0.39, 0.29) is 11.2 Å². The highest BCUT2D eigenvalue weighted by molar-refractivity contribution is 8.13. The Morgan fingerprint density at radius 2 is 1.92 bits per heavy atom. The lowest BCUT2D eigenvalue weighted by Crippen LogP contribution is -2.32. The molecular formula is C7H13ClO3S. The van der Waals surface area contributed by atoms with Crippen molar-refractivity contribution in [2.24, 2.45) is 5.41 Å². The molecule has 1 aliphatic heterocycles. The minimum absolute atomic E-state index is 0.0604. The first-order valence-corrected chi connectivity index (χ1v) is 6.39. The summed E-state index contributed by atoms with van der Waals surface area (Å²) in [5.41, 5.74) is -0.182. The molecule has 0 amide bonds. The van der Waals surface area contributed by atoms with Gasteiger partial charge in [0, 0.05) is 23.9 Å². The van der Waals surface area contributed by atoms with E-state index < -0.39 is 9.05 Å². The van der Waals surface area contributed by atoms with Gasteiger partial charge in [-0.1, -0.05) is 6.92 Å². The van der Waals surface area contributed by atoms with Gasteiger partial charge < -0.3 is 4.74 Å². The van der Waals surface area contributed by atoms with Gasteiger partial charge >= 0.3 is 0 Å². The van der Waals surface area contributed by atoms with E-state index in [1.54, 1.807) is 0 Å². The van der Waals surface area contributed by atoms with Crippen molar-refractivity contribution in [1.29, 1.82) is 0 Å². The highest BCUT2D eigenvalue weighted by atomic mass is 35.7.